The van der Waals surface area contributed by atoms with E-state index < -0.39 is 0 Å². The molecule has 1 heterocycles. The second-order valence-electron chi connectivity index (χ2n) is 5.96. The molecule has 1 N–H and O–H groups in total. The van der Waals surface area contributed by atoms with Crippen LogP contribution in [0.25, 0.3) is 0 Å². The predicted molar refractivity (Wildman–Crippen MR) is 79.3 cm³/mol. The zero-order chi connectivity index (χ0) is 13.7. The highest BCUT2D eigenvalue weighted by Gasteiger charge is 2.20. The highest BCUT2D eigenvalue weighted by atomic mass is 14.9. The fourth-order valence-electron chi connectivity index (χ4n) is 2.61. The van der Waals surface area contributed by atoms with Gasteiger partial charge in [-0.05, 0) is 18.8 Å². The maximum Gasteiger partial charge on any atom is 0.109 e. The van der Waals surface area contributed by atoms with Crippen molar-refractivity contribution in [3.8, 4) is 0 Å². The quantitative estimate of drug-likeness (QED) is 0.695. The molecule has 0 bridgehead atoms. The first-order valence-electron chi connectivity index (χ1n) is 7.60. The molecule has 0 aliphatic heterocycles. The van der Waals surface area contributed by atoms with Gasteiger partial charge >= 0.3 is 0 Å². The average Bonchev–Trinajstić information content (AvgIpc) is 2.74. The van der Waals surface area contributed by atoms with Gasteiger partial charge in [-0.2, -0.15) is 0 Å². The normalized spacial score (nSPS) is 15.1. The first kappa shape index (κ1) is 15.3. The van der Waals surface area contributed by atoms with Crippen molar-refractivity contribution in [3.63, 3.8) is 0 Å². The number of hydrogen-bond donors (Lipinski definition) is 1. The summed E-state index contributed by atoms with van der Waals surface area (Å²) in [6.07, 6.45) is 4.89. The second-order valence-corrected chi connectivity index (χ2v) is 5.96. The van der Waals surface area contributed by atoms with E-state index in [9.17, 15) is 0 Å². The van der Waals surface area contributed by atoms with Crippen molar-refractivity contribution in [2.75, 3.05) is 0 Å². The summed E-state index contributed by atoms with van der Waals surface area (Å²) >= 11 is 0. The lowest BCUT2D eigenvalue weighted by molar-refractivity contribution is 0.619. The molecule has 0 aliphatic rings. The summed E-state index contributed by atoms with van der Waals surface area (Å²) in [4.78, 5) is 8.51. The van der Waals surface area contributed by atoms with Gasteiger partial charge in [-0.15, -0.1) is 0 Å². The summed E-state index contributed by atoms with van der Waals surface area (Å²) in [5.41, 5.74) is 2.67. The smallest absolute Gasteiger partial charge is 0.109 e. The van der Waals surface area contributed by atoms with Gasteiger partial charge in [0, 0.05) is 17.5 Å². The molecule has 0 aliphatic carbocycles. The fourth-order valence-corrected chi connectivity index (χ4v) is 2.61. The molecule has 18 heavy (non-hydrogen) atoms. The Morgan fingerprint density at radius 2 is 1.50 bits per heavy atom. The minimum absolute atomic E-state index is 0.536. The number of nitrogens with zero attached hydrogens (tertiary/aromatic N) is 1. The summed E-state index contributed by atoms with van der Waals surface area (Å²) in [6.45, 7) is 13.6. The van der Waals surface area contributed by atoms with E-state index in [0.29, 0.717) is 17.8 Å². The van der Waals surface area contributed by atoms with Gasteiger partial charge in [0.25, 0.3) is 0 Å². The first-order chi connectivity index (χ1) is 8.51. The van der Waals surface area contributed by atoms with Crippen LogP contribution in [0.15, 0.2) is 0 Å². The molecule has 2 atom stereocenters. The number of nitrogens with one attached hydrogen (secondary N) is 1. The third-order valence-electron chi connectivity index (χ3n) is 3.73. The molecular formula is C16H30N2. The lowest BCUT2D eigenvalue weighted by Crippen LogP contribution is -2.00. The molecule has 2 nitrogen and oxygen atoms in total. The Morgan fingerprint density at radius 3 is 2.00 bits per heavy atom. The molecule has 1 rings (SSSR count). The van der Waals surface area contributed by atoms with E-state index >= 15 is 0 Å². The first-order valence-corrected chi connectivity index (χ1v) is 7.60. The van der Waals surface area contributed by atoms with Crippen LogP contribution in [0.3, 0.4) is 0 Å². The Kier molecular flexibility index (Phi) is 5.90. The molecule has 0 aromatic carbocycles. The average molecular weight is 250 g/mol. The molecule has 1 aromatic heterocycles. The summed E-state index contributed by atoms with van der Waals surface area (Å²) in [7, 11) is 0. The van der Waals surface area contributed by atoms with E-state index in [1.54, 1.807) is 0 Å². The van der Waals surface area contributed by atoms with Crippen LogP contribution in [0, 0.1) is 0 Å². The zero-order valence-corrected chi connectivity index (χ0v) is 13.0. The van der Waals surface area contributed by atoms with Crippen LogP contribution >= 0.6 is 0 Å². The van der Waals surface area contributed by atoms with Gasteiger partial charge in [0.2, 0.25) is 0 Å². The number of H-pyrrole nitrogens is 1. The lowest BCUT2D eigenvalue weighted by Gasteiger charge is -2.11. The molecule has 2 unspecified atom stereocenters. The van der Waals surface area contributed by atoms with E-state index in [4.69, 9.17) is 4.98 Å². The SMILES string of the molecule is CCCC(C)c1nc(C(C)CCC)c(C(C)C)[nH]1. The second kappa shape index (κ2) is 6.96. The van der Waals surface area contributed by atoms with Crippen LogP contribution < -0.4 is 0 Å². The van der Waals surface area contributed by atoms with Crippen molar-refractivity contribution >= 4 is 0 Å². The molecule has 0 saturated heterocycles. The Bertz CT molecular complexity index is 352. The molecule has 0 amide bonds. The van der Waals surface area contributed by atoms with E-state index in [-0.39, 0.29) is 0 Å². The van der Waals surface area contributed by atoms with Crippen LogP contribution in [0.1, 0.15) is 102 Å². The van der Waals surface area contributed by atoms with E-state index in [1.807, 2.05) is 0 Å². The van der Waals surface area contributed by atoms with Crippen LogP contribution in [0.2, 0.25) is 0 Å². The monoisotopic (exact) mass is 250 g/mol. The van der Waals surface area contributed by atoms with Gasteiger partial charge in [0.15, 0.2) is 0 Å². The fraction of sp³-hybridized carbons (Fsp3) is 0.812. The van der Waals surface area contributed by atoms with Crippen LogP contribution in [-0.4, -0.2) is 9.97 Å². The van der Waals surface area contributed by atoms with Gasteiger partial charge in [-0.3, -0.25) is 0 Å². The van der Waals surface area contributed by atoms with E-state index in [2.05, 4.69) is 46.5 Å². The number of imidazole rings is 1. The van der Waals surface area contributed by atoms with Crippen LogP contribution in [0.5, 0.6) is 0 Å². The van der Waals surface area contributed by atoms with Gasteiger partial charge in [0.05, 0.1) is 5.69 Å². The third-order valence-corrected chi connectivity index (χ3v) is 3.73. The molecule has 0 saturated carbocycles. The summed E-state index contributed by atoms with van der Waals surface area (Å²) in [5.74, 6) is 2.86. The molecular weight excluding hydrogens is 220 g/mol. The Hall–Kier alpha value is -0.790. The summed E-state index contributed by atoms with van der Waals surface area (Å²) < 4.78 is 0. The molecule has 1 aromatic rings. The number of aromatic nitrogens is 2. The van der Waals surface area contributed by atoms with E-state index in [0.717, 1.165) is 0 Å². The third kappa shape index (κ3) is 3.60. The zero-order valence-electron chi connectivity index (χ0n) is 13.0. The Balaban J connectivity index is 3.00. The highest BCUT2D eigenvalue weighted by Crippen LogP contribution is 2.30. The number of rotatable bonds is 7. The summed E-state index contributed by atoms with van der Waals surface area (Å²) in [6, 6.07) is 0. The minimum Gasteiger partial charge on any atom is -0.345 e. The van der Waals surface area contributed by atoms with Gasteiger partial charge in [-0.25, -0.2) is 4.98 Å². The topological polar surface area (TPSA) is 28.7 Å². The molecule has 2 heteroatoms. The molecule has 0 fully saturated rings. The molecule has 104 valence electrons. The molecule has 0 radical (unpaired) electrons. The predicted octanol–water partition coefficient (Wildman–Crippen LogP) is 5.34. The maximum atomic E-state index is 4.91. The number of aromatic amines is 1. The van der Waals surface area contributed by atoms with Crippen molar-refractivity contribution in [2.24, 2.45) is 0 Å². The molecule has 0 spiro atoms. The Labute approximate surface area is 113 Å². The van der Waals surface area contributed by atoms with E-state index in [1.165, 1.54) is 42.9 Å². The van der Waals surface area contributed by atoms with Gasteiger partial charge in [0.1, 0.15) is 5.82 Å². The highest BCUT2D eigenvalue weighted by molar-refractivity contribution is 5.23. The van der Waals surface area contributed by atoms with Crippen molar-refractivity contribution < 1.29 is 0 Å². The largest absolute Gasteiger partial charge is 0.345 e. The van der Waals surface area contributed by atoms with Crippen molar-refractivity contribution in [2.45, 2.75) is 85.0 Å². The standard InChI is InChI=1S/C16H30N2/c1-7-9-12(5)15-14(11(3)4)17-16(18-15)13(6)10-8-2/h11-13H,7-10H2,1-6H3,(H,17,18). The van der Waals surface area contributed by atoms with Crippen LogP contribution in [0.4, 0.5) is 0 Å². The lowest BCUT2D eigenvalue weighted by atomic mass is 9.96. The Morgan fingerprint density at radius 1 is 0.944 bits per heavy atom. The van der Waals surface area contributed by atoms with Crippen molar-refractivity contribution in [3.05, 3.63) is 17.2 Å². The summed E-state index contributed by atoms with van der Waals surface area (Å²) in [5, 5.41) is 0. The maximum absolute atomic E-state index is 4.91. The number of hydrogen-bond acceptors (Lipinski definition) is 1. The van der Waals surface area contributed by atoms with Gasteiger partial charge in [-0.1, -0.05) is 54.4 Å². The minimum atomic E-state index is 0.536. The van der Waals surface area contributed by atoms with Crippen LogP contribution in [-0.2, 0) is 0 Å². The van der Waals surface area contributed by atoms with Crippen molar-refractivity contribution in [1.29, 1.82) is 0 Å². The van der Waals surface area contributed by atoms with Gasteiger partial charge < -0.3 is 4.98 Å². The van der Waals surface area contributed by atoms with Crippen molar-refractivity contribution in [1.82, 2.24) is 9.97 Å².